The Morgan fingerprint density at radius 3 is 2.52 bits per heavy atom. The summed E-state index contributed by atoms with van der Waals surface area (Å²) in [6.07, 6.45) is 3.05. The van der Waals surface area contributed by atoms with Crippen molar-refractivity contribution in [3.8, 4) is 5.75 Å². The number of carbonyl (C=O) groups excluding carboxylic acids is 2. The normalized spacial score (nSPS) is 10.7. The van der Waals surface area contributed by atoms with E-state index in [1.54, 1.807) is 20.1 Å². The summed E-state index contributed by atoms with van der Waals surface area (Å²) < 4.78 is 6.36. The standard InChI is InChI=1S/C17H19N3O3/c1-12-10-13(2)20(19-12)17(22)11-18-16(21)9-6-14-4-7-15(23-3)8-5-14/h4-10H,11H2,1-3H3,(H,18,21)/b9-6+. The van der Waals surface area contributed by atoms with E-state index in [0.29, 0.717) is 0 Å². The number of nitrogens with zero attached hydrogens (tertiary/aromatic N) is 2. The van der Waals surface area contributed by atoms with Crippen LogP contribution in [0.2, 0.25) is 0 Å². The molecule has 1 aromatic carbocycles. The fraction of sp³-hybridized carbons (Fsp3) is 0.235. The van der Waals surface area contributed by atoms with Crippen molar-refractivity contribution in [1.29, 1.82) is 0 Å². The highest BCUT2D eigenvalue weighted by molar-refractivity contribution is 5.94. The number of benzene rings is 1. The third kappa shape index (κ3) is 4.54. The molecule has 0 fully saturated rings. The molecule has 23 heavy (non-hydrogen) atoms. The predicted molar refractivity (Wildman–Crippen MR) is 87.4 cm³/mol. The van der Waals surface area contributed by atoms with Gasteiger partial charge in [-0.2, -0.15) is 5.10 Å². The number of hydrogen-bond donors (Lipinski definition) is 1. The van der Waals surface area contributed by atoms with Crippen molar-refractivity contribution in [2.75, 3.05) is 13.7 Å². The zero-order chi connectivity index (χ0) is 16.8. The minimum Gasteiger partial charge on any atom is -0.497 e. The lowest BCUT2D eigenvalue weighted by atomic mass is 10.2. The van der Waals surface area contributed by atoms with Crippen LogP contribution in [-0.2, 0) is 4.79 Å². The molecule has 2 rings (SSSR count). The summed E-state index contributed by atoms with van der Waals surface area (Å²) in [6, 6.07) is 9.10. The van der Waals surface area contributed by atoms with Crippen molar-refractivity contribution in [1.82, 2.24) is 15.1 Å². The van der Waals surface area contributed by atoms with Crippen LogP contribution in [0, 0.1) is 13.8 Å². The van der Waals surface area contributed by atoms with Gasteiger partial charge in [0.2, 0.25) is 5.91 Å². The molecule has 0 unspecified atom stereocenters. The highest BCUT2D eigenvalue weighted by atomic mass is 16.5. The Labute approximate surface area is 134 Å². The summed E-state index contributed by atoms with van der Waals surface area (Å²) in [5.41, 5.74) is 2.38. The highest BCUT2D eigenvalue weighted by Gasteiger charge is 2.10. The molecule has 1 N–H and O–H groups in total. The number of aryl methyl sites for hydroxylation is 2. The van der Waals surface area contributed by atoms with E-state index in [1.807, 2.05) is 37.3 Å². The second-order valence-corrected chi connectivity index (χ2v) is 5.06. The molecule has 0 radical (unpaired) electrons. The van der Waals surface area contributed by atoms with Crippen LogP contribution in [0.3, 0.4) is 0 Å². The number of nitrogens with one attached hydrogen (secondary N) is 1. The number of hydrogen-bond acceptors (Lipinski definition) is 4. The van der Waals surface area contributed by atoms with E-state index in [2.05, 4.69) is 10.4 Å². The maximum Gasteiger partial charge on any atom is 0.266 e. The maximum atomic E-state index is 12.0. The van der Waals surface area contributed by atoms with Gasteiger partial charge in [0, 0.05) is 11.8 Å². The third-order valence-electron chi connectivity index (χ3n) is 3.20. The number of methoxy groups -OCH3 is 1. The van der Waals surface area contributed by atoms with Crippen molar-refractivity contribution in [3.63, 3.8) is 0 Å². The summed E-state index contributed by atoms with van der Waals surface area (Å²) in [5.74, 6) is 0.139. The van der Waals surface area contributed by atoms with Gasteiger partial charge < -0.3 is 10.1 Å². The number of ether oxygens (including phenoxy) is 1. The molecular formula is C17H19N3O3. The van der Waals surface area contributed by atoms with Crippen LogP contribution in [0.5, 0.6) is 5.75 Å². The Balaban J connectivity index is 1.88. The first-order valence-corrected chi connectivity index (χ1v) is 7.16. The molecule has 6 nitrogen and oxygen atoms in total. The molecule has 0 aliphatic heterocycles. The Kier molecular flexibility index (Phi) is 5.30. The van der Waals surface area contributed by atoms with Crippen LogP contribution in [0.15, 0.2) is 36.4 Å². The molecular weight excluding hydrogens is 294 g/mol. The number of rotatable bonds is 5. The smallest absolute Gasteiger partial charge is 0.266 e. The Morgan fingerprint density at radius 2 is 1.96 bits per heavy atom. The first-order valence-electron chi connectivity index (χ1n) is 7.16. The molecule has 0 aliphatic rings. The van der Waals surface area contributed by atoms with E-state index in [1.165, 1.54) is 10.8 Å². The zero-order valence-electron chi connectivity index (χ0n) is 13.4. The summed E-state index contributed by atoms with van der Waals surface area (Å²) in [5, 5.41) is 6.63. The molecule has 0 bridgehead atoms. The monoisotopic (exact) mass is 313 g/mol. The maximum absolute atomic E-state index is 12.0. The largest absolute Gasteiger partial charge is 0.497 e. The highest BCUT2D eigenvalue weighted by Crippen LogP contribution is 2.12. The van der Waals surface area contributed by atoms with E-state index < -0.39 is 0 Å². The molecule has 0 saturated carbocycles. The molecule has 2 aromatic rings. The number of amides is 1. The van der Waals surface area contributed by atoms with E-state index in [4.69, 9.17) is 4.74 Å². The minimum absolute atomic E-state index is 0.103. The van der Waals surface area contributed by atoms with E-state index in [0.717, 1.165) is 22.7 Å². The quantitative estimate of drug-likeness (QED) is 0.857. The number of aromatic nitrogens is 2. The van der Waals surface area contributed by atoms with Crippen LogP contribution in [0.4, 0.5) is 0 Å². The average Bonchev–Trinajstić information content (AvgIpc) is 2.89. The first-order chi connectivity index (χ1) is 11.0. The minimum atomic E-state index is -0.337. The first kappa shape index (κ1) is 16.5. The van der Waals surface area contributed by atoms with Crippen molar-refractivity contribution in [2.24, 2.45) is 0 Å². The molecule has 6 heteroatoms. The summed E-state index contributed by atoms with van der Waals surface area (Å²) in [4.78, 5) is 23.7. The van der Waals surface area contributed by atoms with Gasteiger partial charge in [0.1, 0.15) is 5.75 Å². The Bertz CT molecular complexity index is 730. The third-order valence-corrected chi connectivity index (χ3v) is 3.20. The van der Waals surface area contributed by atoms with Gasteiger partial charge >= 0.3 is 0 Å². The Hall–Kier alpha value is -2.89. The van der Waals surface area contributed by atoms with E-state index in [9.17, 15) is 9.59 Å². The van der Waals surface area contributed by atoms with E-state index in [-0.39, 0.29) is 18.4 Å². The lowest BCUT2D eigenvalue weighted by molar-refractivity contribution is -0.116. The van der Waals surface area contributed by atoms with Crippen molar-refractivity contribution >= 4 is 17.9 Å². The molecule has 120 valence electrons. The van der Waals surface area contributed by atoms with Crippen molar-refractivity contribution < 1.29 is 14.3 Å². The van der Waals surface area contributed by atoms with Crippen LogP contribution >= 0.6 is 0 Å². The van der Waals surface area contributed by atoms with Gasteiger partial charge in [0.15, 0.2) is 0 Å². The molecule has 1 heterocycles. The fourth-order valence-corrected chi connectivity index (χ4v) is 2.06. The lowest BCUT2D eigenvalue weighted by Gasteiger charge is -2.03. The second-order valence-electron chi connectivity index (χ2n) is 5.06. The van der Waals surface area contributed by atoms with Gasteiger partial charge in [0.05, 0.1) is 19.3 Å². The van der Waals surface area contributed by atoms with Crippen LogP contribution in [0.25, 0.3) is 6.08 Å². The Morgan fingerprint density at radius 1 is 1.26 bits per heavy atom. The SMILES string of the molecule is COc1ccc(/C=C/C(=O)NCC(=O)n2nc(C)cc2C)cc1. The topological polar surface area (TPSA) is 73.2 Å². The van der Waals surface area contributed by atoms with E-state index >= 15 is 0 Å². The molecule has 1 aromatic heterocycles. The van der Waals surface area contributed by atoms with Crippen LogP contribution < -0.4 is 10.1 Å². The van der Waals surface area contributed by atoms with Crippen LogP contribution in [0.1, 0.15) is 21.7 Å². The number of carbonyl (C=O) groups is 2. The molecule has 0 atom stereocenters. The fourth-order valence-electron chi connectivity index (χ4n) is 2.06. The summed E-state index contributed by atoms with van der Waals surface area (Å²) in [7, 11) is 1.60. The van der Waals surface area contributed by atoms with Crippen molar-refractivity contribution in [2.45, 2.75) is 13.8 Å². The van der Waals surface area contributed by atoms with Gasteiger partial charge in [-0.05, 0) is 43.7 Å². The van der Waals surface area contributed by atoms with Gasteiger partial charge in [-0.3, -0.25) is 9.59 Å². The summed E-state index contributed by atoms with van der Waals surface area (Å²) >= 11 is 0. The summed E-state index contributed by atoms with van der Waals surface area (Å²) in [6.45, 7) is 3.50. The van der Waals surface area contributed by atoms with Gasteiger partial charge in [-0.15, -0.1) is 0 Å². The lowest BCUT2D eigenvalue weighted by Crippen LogP contribution is -2.32. The molecule has 0 aliphatic carbocycles. The second kappa shape index (κ2) is 7.40. The van der Waals surface area contributed by atoms with Gasteiger partial charge in [0.25, 0.3) is 5.91 Å². The van der Waals surface area contributed by atoms with Gasteiger partial charge in [-0.25, -0.2) is 4.68 Å². The predicted octanol–water partition coefficient (Wildman–Crippen LogP) is 1.98. The molecule has 1 amide bonds. The molecule has 0 saturated heterocycles. The van der Waals surface area contributed by atoms with Crippen LogP contribution in [-0.4, -0.2) is 35.2 Å². The average molecular weight is 313 g/mol. The van der Waals surface area contributed by atoms with Crippen molar-refractivity contribution in [3.05, 3.63) is 53.4 Å². The molecule has 0 spiro atoms. The zero-order valence-corrected chi connectivity index (χ0v) is 13.4. The van der Waals surface area contributed by atoms with Gasteiger partial charge in [-0.1, -0.05) is 12.1 Å².